The average Bonchev–Trinajstić information content (AvgIpc) is 3.11. The molecule has 2 aromatic rings. The lowest BCUT2D eigenvalue weighted by Gasteiger charge is -2.16. The number of imide groups is 1. The summed E-state index contributed by atoms with van der Waals surface area (Å²) in [5.74, 6) is -0.495. The van der Waals surface area contributed by atoms with E-state index in [-0.39, 0.29) is 23.6 Å². The molecule has 1 N–H and O–H groups in total. The summed E-state index contributed by atoms with van der Waals surface area (Å²) in [4.78, 5) is 37.7. The first-order chi connectivity index (χ1) is 11.1. The number of nitrogens with zero attached hydrogens (tertiary/aromatic N) is 1. The second-order valence-corrected chi connectivity index (χ2v) is 5.79. The van der Waals surface area contributed by atoms with Crippen molar-refractivity contribution in [2.75, 3.05) is 11.4 Å². The van der Waals surface area contributed by atoms with Crippen molar-refractivity contribution in [2.45, 2.75) is 12.3 Å². The standard InChI is InChI=1S/C18H14N2O3/c21-16-9-12(10-19-16)11-4-3-5-13(8-11)20-17(22)14-6-1-2-7-15(14)18(20)23/h1-8,12H,9-10H2,(H,19,21). The minimum atomic E-state index is -0.302. The number of carbonyl (C=O) groups is 3. The van der Waals surface area contributed by atoms with Crippen LogP contribution >= 0.6 is 0 Å². The van der Waals surface area contributed by atoms with Crippen LogP contribution in [0.25, 0.3) is 0 Å². The molecule has 0 saturated carbocycles. The molecule has 2 aliphatic heterocycles. The van der Waals surface area contributed by atoms with Crippen molar-refractivity contribution < 1.29 is 14.4 Å². The second-order valence-electron chi connectivity index (χ2n) is 5.79. The van der Waals surface area contributed by atoms with Crippen molar-refractivity contribution in [1.29, 1.82) is 0 Å². The smallest absolute Gasteiger partial charge is 0.266 e. The molecular formula is C18H14N2O3. The number of amides is 3. The lowest BCUT2D eigenvalue weighted by Crippen LogP contribution is -2.29. The summed E-state index contributed by atoms with van der Waals surface area (Å²) >= 11 is 0. The third-order valence-corrected chi connectivity index (χ3v) is 4.37. The van der Waals surface area contributed by atoms with Crippen molar-refractivity contribution in [3.63, 3.8) is 0 Å². The molecule has 1 atom stereocenters. The quantitative estimate of drug-likeness (QED) is 0.864. The van der Waals surface area contributed by atoms with Crippen LogP contribution in [0.15, 0.2) is 48.5 Å². The van der Waals surface area contributed by atoms with E-state index in [9.17, 15) is 14.4 Å². The van der Waals surface area contributed by atoms with Crippen molar-refractivity contribution in [3.05, 3.63) is 65.2 Å². The Morgan fingerprint density at radius 2 is 1.61 bits per heavy atom. The second kappa shape index (κ2) is 5.05. The van der Waals surface area contributed by atoms with E-state index in [1.807, 2.05) is 18.2 Å². The molecule has 4 rings (SSSR count). The zero-order valence-electron chi connectivity index (χ0n) is 12.3. The molecule has 0 aliphatic carbocycles. The van der Waals surface area contributed by atoms with Crippen LogP contribution in [0.2, 0.25) is 0 Å². The maximum absolute atomic E-state index is 12.5. The SMILES string of the molecule is O=C1CC(c2cccc(N3C(=O)c4ccccc4C3=O)c2)CN1. The Labute approximate surface area is 132 Å². The average molecular weight is 306 g/mol. The molecular weight excluding hydrogens is 292 g/mol. The van der Waals surface area contributed by atoms with Crippen molar-refractivity contribution >= 4 is 23.4 Å². The lowest BCUT2D eigenvalue weighted by molar-refractivity contribution is -0.119. The summed E-state index contributed by atoms with van der Waals surface area (Å²) in [5, 5.41) is 2.80. The van der Waals surface area contributed by atoms with Gasteiger partial charge in [0.25, 0.3) is 11.8 Å². The Morgan fingerprint density at radius 3 is 2.22 bits per heavy atom. The van der Waals surface area contributed by atoms with Gasteiger partial charge in [0, 0.05) is 18.9 Å². The summed E-state index contributed by atoms with van der Waals surface area (Å²) in [6.07, 6.45) is 0.436. The monoisotopic (exact) mass is 306 g/mol. The van der Waals surface area contributed by atoms with Crippen LogP contribution in [-0.2, 0) is 4.79 Å². The molecule has 3 amide bonds. The fourth-order valence-electron chi connectivity index (χ4n) is 3.18. The largest absolute Gasteiger partial charge is 0.355 e. The summed E-state index contributed by atoms with van der Waals surface area (Å²) in [6.45, 7) is 0.588. The Kier molecular flexibility index (Phi) is 3.01. The third-order valence-electron chi connectivity index (χ3n) is 4.37. The van der Waals surface area contributed by atoms with Crippen LogP contribution in [0.1, 0.15) is 38.6 Å². The number of fused-ring (bicyclic) bond motifs is 1. The molecule has 2 heterocycles. The molecule has 1 unspecified atom stereocenters. The van der Waals surface area contributed by atoms with E-state index in [1.165, 1.54) is 4.90 Å². The van der Waals surface area contributed by atoms with Gasteiger partial charge in [0.2, 0.25) is 5.91 Å². The Bertz CT molecular complexity index is 809. The molecule has 1 saturated heterocycles. The topological polar surface area (TPSA) is 66.5 Å². The summed E-state index contributed by atoms with van der Waals surface area (Å²) in [7, 11) is 0. The lowest BCUT2D eigenvalue weighted by atomic mass is 9.97. The van der Waals surface area contributed by atoms with E-state index in [2.05, 4.69) is 5.32 Å². The van der Waals surface area contributed by atoms with Gasteiger partial charge in [0.15, 0.2) is 0 Å². The summed E-state index contributed by atoms with van der Waals surface area (Å²) in [6, 6.07) is 14.1. The van der Waals surface area contributed by atoms with Gasteiger partial charge in [-0.1, -0.05) is 24.3 Å². The normalized spacial score (nSPS) is 19.9. The van der Waals surface area contributed by atoms with Crippen molar-refractivity contribution in [3.8, 4) is 0 Å². The van der Waals surface area contributed by atoms with Gasteiger partial charge in [-0.25, -0.2) is 4.90 Å². The van der Waals surface area contributed by atoms with Gasteiger partial charge in [-0.15, -0.1) is 0 Å². The Morgan fingerprint density at radius 1 is 0.913 bits per heavy atom. The number of rotatable bonds is 2. The number of nitrogens with one attached hydrogen (secondary N) is 1. The first kappa shape index (κ1) is 13.7. The molecule has 5 heteroatoms. The number of hydrogen-bond acceptors (Lipinski definition) is 3. The molecule has 0 aromatic heterocycles. The van der Waals surface area contributed by atoms with Crippen molar-refractivity contribution in [2.24, 2.45) is 0 Å². The summed E-state index contributed by atoms with van der Waals surface area (Å²) in [5.41, 5.74) is 2.37. The van der Waals surface area contributed by atoms with Gasteiger partial charge in [-0.05, 0) is 29.8 Å². The molecule has 2 aliphatic rings. The van der Waals surface area contributed by atoms with E-state index >= 15 is 0 Å². The van der Waals surface area contributed by atoms with Crippen LogP contribution in [0.3, 0.4) is 0 Å². The highest BCUT2D eigenvalue weighted by atomic mass is 16.2. The van der Waals surface area contributed by atoms with E-state index in [1.54, 1.807) is 30.3 Å². The molecule has 1 fully saturated rings. The van der Waals surface area contributed by atoms with Gasteiger partial charge in [-0.3, -0.25) is 14.4 Å². The van der Waals surface area contributed by atoms with E-state index in [4.69, 9.17) is 0 Å². The van der Waals surface area contributed by atoms with E-state index in [0.29, 0.717) is 29.8 Å². The third kappa shape index (κ3) is 2.12. The molecule has 0 radical (unpaired) electrons. The number of carbonyl (C=O) groups excluding carboxylic acids is 3. The minimum Gasteiger partial charge on any atom is -0.355 e. The maximum atomic E-state index is 12.5. The van der Waals surface area contributed by atoms with Gasteiger partial charge >= 0.3 is 0 Å². The van der Waals surface area contributed by atoms with Crippen LogP contribution in [-0.4, -0.2) is 24.3 Å². The maximum Gasteiger partial charge on any atom is 0.266 e. The zero-order chi connectivity index (χ0) is 16.0. The predicted octanol–water partition coefficient (Wildman–Crippen LogP) is 2.09. The zero-order valence-corrected chi connectivity index (χ0v) is 12.3. The highest BCUT2D eigenvalue weighted by Crippen LogP contribution is 2.31. The van der Waals surface area contributed by atoms with Crippen LogP contribution in [0.5, 0.6) is 0 Å². The molecule has 0 spiro atoms. The van der Waals surface area contributed by atoms with Gasteiger partial charge < -0.3 is 5.32 Å². The molecule has 23 heavy (non-hydrogen) atoms. The van der Waals surface area contributed by atoms with Crippen LogP contribution < -0.4 is 10.2 Å². The number of anilines is 1. The number of hydrogen-bond donors (Lipinski definition) is 1. The molecule has 0 bridgehead atoms. The fourth-order valence-corrected chi connectivity index (χ4v) is 3.18. The van der Waals surface area contributed by atoms with E-state index < -0.39 is 0 Å². The van der Waals surface area contributed by atoms with Crippen LogP contribution in [0, 0.1) is 0 Å². The Hall–Kier alpha value is -2.95. The summed E-state index contributed by atoms with van der Waals surface area (Å²) < 4.78 is 0. The van der Waals surface area contributed by atoms with Gasteiger partial charge in [0.05, 0.1) is 16.8 Å². The highest BCUT2D eigenvalue weighted by Gasteiger charge is 2.36. The molecule has 2 aromatic carbocycles. The molecule has 5 nitrogen and oxygen atoms in total. The van der Waals surface area contributed by atoms with Crippen LogP contribution in [0.4, 0.5) is 5.69 Å². The minimum absolute atomic E-state index is 0.0288. The number of benzene rings is 2. The first-order valence-corrected chi connectivity index (χ1v) is 7.49. The molecule has 114 valence electrons. The first-order valence-electron chi connectivity index (χ1n) is 7.49. The Balaban J connectivity index is 1.71. The van der Waals surface area contributed by atoms with Crippen molar-refractivity contribution in [1.82, 2.24) is 5.32 Å². The van der Waals surface area contributed by atoms with Gasteiger partial charge in [0.1, 0.15) is 0 Å². The van der Waals surface area contributed by atoms with Gasteiger partial charge in [-0.2, -0.15) is 0 Å². The predicted molar refractivity (Wildman–Crippen MR) is 84.4 cm³/mol. The highest BCUT2D eigenvalue weighted by molar-refractivity contribution is 6.34. The fraction of sp³-hybridized carbons (Fsp3) is 0.167. The van der Waals surface area contributed by atoms with E-state index in [0.717, 1.165) is 5.56 Å².